The van der Waals surface area contributed by atoms with Gasteiger partial charge in [0.05, 0.1) is 6.04 Å². The first kappa shape index (κ1) is 14.2. The summed E-state index contributed by atoms with van der Waals surface area (Å²) >= 11 is 0. The van der Waals surface area contributed by atoms with Gasteiger partial charge in [-0.25, -0.2) is 4.39 Å². The lowest BCUT2D eigenvalue weighted by atomic mass is 10.1. The van der Waals surface area contributed by atoms with Crippen LogP contribution in [-0.4, -0.2) is 42.8 Å². The molecule has 2 rings (SSSR count). The smallest absolute Gasteiger partial charge is 0.128 e. The summed E-state index contributed by atoms with van der Waals surface area (Å²) in [5.74, 6) is -0.186. The lowest BCUT2D eigenvalue weighted by molar-refractivity contribution is 0.233. The van der Waals surface area contributed by atoms with Crippen molar-refractivity contribution in [2.45, 2.75) is 31.8 Å². The maximum Gasteiger partial charge on any atom is 0.128 e. The number of rotatable bonds is 3. The van der Waals surface area contributed by atoms with Crippen LogP contribution >= 0.6 is 0 Å². The van der Waals surface area contributed by atoms with Crippen LogP contribution in [0.4, 0.5) is 4.39 Å². The van der Waals surface area contributed by atoms with E-state index in [1.54, 1.807) is 24.4 Å². The van der Waals surface area contributed by atoms with Gasteiger partial charge in [0, 0.05) is 24.4 Å². The van der Waals surface area contributed by atoms with Gasteiger partial charge in [0.15, 0.2) is 0 Å². The number of hydrogen-bond acceptors (Lipinski definition) is 3. The van der Waals surface area contributed by atoms with Crippen LogP contribution in [0.15, 0.2) is 40.7 Å². The molecule has 104 valence electrons. The second-order valence-corrected chi connectivity index (χ2v) is 5.18. The molecule has 2 aliphatic heterocycles. The van der Waals surface area contributed by atoms with Crippen LogP contribution in [0.5, 0.6) is 0 Å². The number of aliphatic imine (C=N–C) groups is 1. The van der Waals surface area contributed by atoms with Gasteiger partial charge < -0.3 is 5.73 Å². The zero-order valence-corrected chi connectivity index (χ0v) is 11.4. The number of halogens is 1. The Balaban J connectivity index is 1.87. The van der Waals surface area contributed by atoms with Gasteiger partial charge >= 0.3 is 0 Å². The number of allylic oxidation sites excluding steroid dienone is 3. The third kappa shape index (κ3) is 4.11. The molecule has 0 saturated carbocycles. The summed E-state index contributed by atoms with van der Waals surface area (Å²) in [4.78, 5) is 6.47. The molecule has 4 heteroatoms. The van der Waals surface area contributed by atoms with Gasteiger partial charge in [-0.05, 0) is 45.0 Å². The molecule has 1 saturated heterocycles. The number of piperidine rings is 1. The highest BCUT2D eigenvalue weighted by Crippen LogP contribution is 2.18. The van der Waals surface area contributed by atoms with Crippen LogP contribution in [0.2, 0.25) is 0 Å². The minimum Gasteiger partial charge on any atom is -0.328 e. The van der Waals surface area contributed by atoms with E-state index in [1.807, 2.05) is 13.0 Å². The van der Waals surface area contributed by atoms with Gasteiger partial charge in [-0.15, -0.1) is 0 Å². The Labute approximate surface area is 114 Å². The summed E-state index contributed by atoms with van der Waals surface area (Å²) in [6.07, 6.45) is 10.8. The summed E-state index contributed by atoms with van der Waals surface area (Å²) in [6, 6.07) is 0.243. The first-order valence-electron chi connectivity index (χ1n) is 6.91. The van der Waals surface area contributed by atoms with E-state index in [1.165, 1.54) is 0 Å². The molecule has 0 aromatic carbocycles. The van der Waals surface area contributed by atoms with Crippen molar-refractivity contribution < 1.29 is 4.39 Å². The van der Waals surface area contributed by atoms with Crippen molar-refractivity contribution in [3.8, 4) is 0 Å². The number of likely N-dealkylation sites (tertiary alicyclic amines) is 1. The van der Waals surface area contributed by atoms with E-state index in [2.05, 4.69) is 9.89 Å². The van der Waals surface area contributed by atoms with Gasteiger partial charge in [0.25, 0.3) is 0 Å². The molecule has 0 bridgehead atoms. The highest BCUT2D eigenvalue weighted by Gasteiger charge is 2.14. The summed E-state index contributed by atoms with van der Waals surface area (Å²) in [6.45, 7) is 4.69. The largest absolute Gasteiger partial charge is 0.328 e. The van der Waals surface area contributed by atoms with Gasteiger partial charge in [-0.3, -0.25) is 9.89 Å². The predicted molar refractivity (Wildman–Crippen MR) is 78.0 cm³/mol. The molecular formula is C15H22FN3. The molecule has 0 spiro atoms. The highest BCUT2D eigenvalue weighted by atomic mass is 19.1. The van der Waals surface area contributed by atoms with E-state index < -0.39 is 0 Å². The molecule has 0 aliphatic carbocycles. The van der Waals surface area contributed by atoms with Gasteiger partial charge in [0.2, 0.25) is 0 Å². The molecule has 0 aromatic heterocycles. The first-order valence-corrected chi connectivity index (χ1v) is 6.91. The average Bonchev–Trinajstić information content (AvgIpc) is 2.41. The SMILES string of the molecule is CC1N=CC=C/C1=C(F)/C=C\CN1CCC(N)CC1. The fourth-order valence-corrected chi connectivity index (χ4v) is 2.36. The fraction of sp³-hybridized carbons (Fsp3) is 0.533. The molecule has 1 atom stereocenters. The van der Waals surface area contributed by atoms with Crippen LogP contribution < -0.4 is 5.73 Å². The molecular weight excluding hydrogens is 241 g/mol. The highest BCUT2D eigenvalue weighted by molar-refractivity contribution is 5.74. The number of hydrogen-bond donors (Lipinski definition) is 1. The Kier molecular flexibility index (Phi) is 5.05. The zero-order valence-electron chi connectivity index (χ0n) is 11.4. The van der Waals surface area contributed by atoms with Crippen molar-refractivity contribution in [3.63, 3.8) is 0 Å². The van der Waals surface area contributed by atoms with E-state index in [9.17, 15) is 4.39 Å². The van der Waals surface area contributed by atoms with E-state index in [0.29, 0.717) is 11.6 Å². The lowest BCUT2D eigenvalue weighted by Gasteiger charge is -2.28. The molecule has 2 heterocycles. The van der Waals surface area contributed by atoms with Gasteiger partial charge in [-0.1, -0.05) is 12.2 Å². The second-order valence-electron chi connectivity index (χ2n) is 5.18. The zero-order chi connectivity index (χ0) is 13.7. The van der Waals surface area contributed by atoms with Crippen molar-refractivity contribution in [2.24, 2.45) is 10.7 Å². The van der Waals surface area contributed by atoms with Crippen molar-refractivity contribution in [2.75, 3.05) is 19.6 Å². The van der Waals surface area contributed by atoms with Crippen molar-refractivity contribution in [1.29, 1.82) is 0 Å². The summed E-state index contributed by atoms with van der Waals surface area (Å²) in [5.41, 5.74) is 6.51. The molecule has 2 aliphatic rings. The van der Waals surface area contributed by atoms with Crippen LogP contribution in [0.3, 0.4) is 0 Å². The van der Waals surface area contributed by atoms with E-state index >= 15 is 0 Å². The molecule has 1 unspecified atom stereocenters. The van der Waals surface area contributed by atoms with Gasteiger partial charge in [-0.2, -0.15) is 0 Å². The normalized spacial score (nSPS) is 28.3. The van der Waals surface area contributed by atoms with Gasteiger partial charge in [0.1, 0.15) is 5.83 Å². The first-order chi connectivity index (χ1) is 9.16. The predicted octanol–water partition coefficient (Wildman–Crippen LogP) is 2.22. The molecule has 0 aromatic rings. The summed E-state index contributed by atoms with van der Waals surface area (Å²) in [5, 5.41) is 0. The molecule has 19 heavy (non-hydrogen) atoms. The van der Waals surface area contributed by atoms with Crippen molar-refractivity contribution in [3.05, 3.63) is 35.7 Å². The maximum atomic E-state index is 14.0. The standard InChI is InChI=1S/C15H22FN3/c1-12-14(4-2-8-18-12)15(16)5-3-9-19-10-6-13(17)7-11-19/h2-5,8,12-13H,6-7,9-11,17H2,1H3/b5-3-,15-14+. The fourth-order valence-electron chi connectivity index (χ4n) is 2.36. The average molecular weight is 263 g/mol. The molecule has 0 amide bonds. The van der Waals surface area contributed by atoms with E-state index in [-0.39, 0.29) is 11.9 Å². The number of dihydropyridines is 1. The van der Waals surface area contributed by atoms with E-state index in [0.717, 1.165) is 32.5 Å². The van der Waals surface area contributed by atoms with Crippen LogP contribution in [-0.2, 0) is 0 Å². The summed E-state index contributed by atoms with van der Waals surface area (Å²) < 4.78 is 14.0. The Bertz CT molecular complexity index is 415. The second kappa shape index (κ2) is 6.78. The molecule has 0 radical (unpaired) electrons. The summed E-state index contributed by atoms with van der Waals surface area (Å²) in [7, 11) is 0. The Morgan fingerprint density at radius 2 is 2.26 bits per heavy atom. The molecule has 1 fully saturated rings. The maximum absolute atomic E-state index is 14.0. The lowest BCUT2D eigenvalue weighted by Crippen LogP contribution is -2.39. The number of nitrogens with two attached hydrogens (primary N) is 1. The monoisotopic (exact) mass is 263 g/mol. The molecule has 3 nitrogen and oxygen atoms in total. The molecule has 2 N–H and O–H groups in total. The minimum atomic E-state index is -0.186. The Hall–Kier alpha value is -1.26. The Morgan fingerprint density at radius 1 is 1.53 bits per heavy atom. The minimum absolute atomic E-state index is 0.0948. The van der Waals surface area contributed by atoms with Crippen molar-refractivity contribution >= 4 is 6.21 Å². The number of nitrogens with zero attached hydrogens (tertiary/aromatic N) is 2. The third-order valence-electron chi connectivity index (χ3n) is 3.66. The Morgan fingerprint density at radius 3 is 2.95 bits per heavy atom. The third-order valence-corrected chi connectivity index (χ3v) is 3.66. The van der Waals surface area contributed by atoms with Crippen LogP contribution in [0, 0.1) is 0 Å². The topological polar surface area (TPSA) is 41.6 Å². The van der Waals surface area contributed by atoms with Crippen molar-refractivity contribution in [1.82, 2.24) is 4.90 Å². The van der Waals surface area contributed by atoms with Crippen LogP contribution in [0.25, 0.3) is 0 Å². The van der Waals surface area contributed by atoms with E-state index in [4.69, 9.17) is 5.73 Å². The van der Waals surface area contributed by atoms with Crippen LogP contribution in [0.1, 0.15) is 19.8 Å². The quantitative estimate of drug-likeness (QED) is 0.848.